The zero-order valence-corrected chi connectivity index (χ0v) is 9.09. The Labute approximate surface area is 90.2 Å². The molecule has 4 nitrogen and oxygen atoms in total. The van der Waals surface area contributed by atoms with E-state index in [4.69, 9.17) is 9.52 Å². The molecule has 2 aromatic rings. The van der Waals surface area contributed by atoms with E-state index in [1.807, 2.05) is 6.92 Å². The Kier molecular flexibility index (Phi) is 2.32. The molecule has 0 radical (unpaired) electrons. The molecule has 0 atom stereocenters. The van der Waals surface area contributed by atoms with Gasteiger partial charge in [-0.3, -0.25) is 0 Å². The molecular weight excluding hydrogens is 214 g/mol. The van der Waals surface area contributed by atoms with Gasteiger partial charge in [0.15, 0.2) is 0 Å². The SMILES string of the molecule is Cc1nc(-c2ccoc2C)sc1C(=O)O. The molecule has 2 aromatic heterocycles. The summed E-state index contributed by atoms with van der Waals surface area (Å²) in [6, 6.07) is 1.79. The number of aromatic nitrogens is 1. The van der Waals surface area contributed by atoms with Gasteiger partial charge in [0.25, 0.3) is 0 Å². The van der Waals surface area contributed by atoms with Crippen molar-refractivity contribution < 1.29 is 14.3 Å². The van der Waals surface area contributed by atoms with Crippen LogP contribution in [0.3, 0.4) is 0 Å². The van der Waals surface area contributed by atoms with Crippen LogP contribution in [0.2, 0.25) is 0 Å². The Morgan fingerprint density at radius 3 is 2.73 bits per heavy atom. The summed E-state index contributed by atoms with van der Waals surface area (Å²) in [6.07, 6.45) is 1.57. The number of carbonyl (C=O) groups is 1. The molecule has 15 heavy (non-hydrogen) atoms. The van der Waals surface area contributed by atoms with E-state index in [1.165, 1.54) is 11.3 Å². The van der Waals surface area contributed by atoms with Gasteiger partial charge in [0.05, 0.1) is 17.5 Å². The number of carboxylic acid groups (broad SMARTS) is 1. The van der Waals surface area contributed by atoms with Crippen molar-refractivity contribution in [1.29, 1.82) is 0 Å². The molecule has 0 aromatic carbocycles. The molecule has 0 bridgehead atoms. The summed E-state index contributed by atoms with van der Waals surface area (Å²) < 4.78 is 5.15. The van der Waals surface area contributed by atoms with Gasteiger partial charge in [0, 0.05) is 0 Å². The molecule has 0 saturated heterocycles. The van der Waals surface area contributed by atoms with Crippen LogP contribution in [0.1, 0.15) is 21.1 Å². The van der Waals surface area contributed by atoms with Crippen LogP contribution in [0.4, 0.5) is 0 Å². The lowest BCUT2D eigenvalue weighted by Crippen LogP contribution is -1.94. The zero-order chi connectivity index (χ0) is 11.0. The van der Waals surface area contributed by atoms with Crippen LogP contribution >= 0.6 is 11.3 Å². The number of hydrogen-bond acceptors (Lipinski definition) is 4. The zero-order valence-electron chi connectivity index (χ0n) is 8.27. The number of furan rings is 1. The molecule has 0 fully saturated rings. The highest BCUT2D eigenvalue weighted by Gasteiger charge is 2.16. The lowest BCUT2D eigenvalue weighted by atomic mass is 10.3. The first-order valence-electron chi connectivity index (χ1n) is 4.35. The van der Waals surface area contributed by atoms with Crippen molar-refractivity contribution in [3.05, 3.63) is 28.7 Å². The van der Waals surface area contributed by atoms with Gasteiger partial charge in [-0.25, -0.2) is 9.78 Å². The molecule has 5 heteroatoms. The van der Waals surface area contributed by atoms with Crippen LogP contribution in [0.25, 0.3) is 10.6 Å². The number of nitrogens with zero attached hydrogens (tertiary/aromatic N) is 1. The maximum Gasteiger partial charge on any atom is 0.347 e. The summed E-state index contributed by atoms with van der Waals surface area (Å²) in [5.74, 6) is -0.182. The molecular formula is C10H9NO3S. The van der Waals surface area contributed by atoms with E-state index in [0.717, 1.165) is 11.3 Å². The molecule has 0 unspecified atom stereocenters. The predicted molar refractivity (Wildman–Crippen MR) is 56.2 cm³/mol. The Morgan fingerprint density at radius 2 is 2.27 bits per heavy atom. The van der Waals surface area contributed by atoms with Gasteiger partial charge in [0.1, 0.15) is 15.6 Å². The largest absolute Gasteiger partial charge is 0.477 e. The monoisotopic (exact) mass is 223 g/mol. The highest BCUT2D eigenvalue weighted by molar-refractivity contribution is 7.17. The number of carboxylic acids is 1. The van der Waals surface area contributed by atoms with Crippen molar-refractivity contribution in [1.82, 2.24) is 4.98 Å². The normalized spacial score (nSPS) is 10.5. The van der Waals surface area contributed by atoms with Crippen molar-refractivity contribution >= 4 is 17.3 Å². The number of aromatic carboxylic acids is 1. The third kappa shape index (κ3) is 1.66. The maximum absolute atomic E-state index is 10.8. The third-order valence-corrected chi connectivity index (χ3v) is 3.26. The lowest BCUT2D eigenvalue weighted by molar-refractivity contribution is 0.0701. The Morgan fingerprint density at radius 1 is 1.53 bits per heavy atom. The number of rotatable bonds is 2. The first-order chi connectivity index (χ1) is 7.09. The van der Waals surface area contributed by atoms with Crippen LogP contribution in [0.5, 0.6) is 0 Å². The standard InChI is InChI=1S/C10H9NO3S/c1-5-8(10(12)13)15-9(11-5)7-3-4-14-6(7)2/h3-4H,1-2H3,(H,12,13). The van der Waals surface area contributed by atoms with E-state index in [1.54, 1.807) is 19.3 Å². The van der Waals surface area contributed by atoms with Crippen molar-refractivity contribution in [3.8, 4) is 10.6 Å². The minimum absolute atomic E-state index is 0.283. The van der Waals surface area contributed by atoms with E-state index in [0.29, 0.717) is 10.7 Å². The van der Waals surface area contributed by atoms with Crippen LogP contribution in [-0.2, 0) is 0 Å². The van der Waals surface area contributed by atoms with E-state index in [-0.39, 0.29) is 4.88 Å². The average Bonchev–Trinajstić information content (AvgIpc) is 2.71. The van der Waals surface area contributed by atoms with Gasteiger partial charge in [-0.15, -0.1) is 11.3 Å². The summed E-state index contributed by atoms with van der Waals surface area (Å²) in [5.41, 5.74) is 1.40. The summed E-state index contributed by atoms with van der Waals surface area (Å²) in [7, 11) is 0. The Hall–Kier alpha value is -1.62. The number of aryl methyl sites for hydroxylation is 2. The fourth-order valence-corrected chi connectivity index (χ4v) is 2.30. The summed E-state index contributed by atoms with van der Waals surface area (Å²) >= 11 is 1.17. The minimum atomic E-state index is -0.933. The van der Waals surface area contributed by atoms with Crippen molar-refractivity contribution in [2.24, 2.45) is 0 Å². The van der Waals surface area contributed by atoms with Gasteiger partial charge in [-0.1, -0.05) is 0 Å². The van der Waals surface area contributed by atoms with Crippen molar-refractivity contribution in [2.75, 3.05) is 0 Å². The number of thiazole rings is 1. The second-order valence-corrected chi connectivity index (χ2v) is 4.13. The van der Waals surface area contributed by atoms with E-state index in [9.17, 15) is 4.79 Å². The van der Waals surface area contributed by atoms with Gasteiger partial charge >= 0.3 is 5.97 Å². The van der Waals surface area contributed by atoms with Crippen molar-refractivity contribution in [3.63, 3.8) is 0 Å². The van der Waals surface area contributed by atoms with Crippen LogP contribution in [0.15, 0.2) is 16.7 Å². The molecule has 0 amide bonds. The van der Waals surface area contributed by atoms with Crippen LogP contribution in [0, 0.1) is 13.8 Å². The first kappa shape index (κ1) is 9.92. The second-order valence-electron chi connectivity index (χ2n) is 3.13. The van der Waals surface area contributed by atoms with Gasteiger partial charge in [-0.05, 0) is 19.9 Å². The van der Waals surface area contributed by atoms with E-state index >= 15 is 0 Å². The molecule has 1 N–H and O–H groups in total. The molecule has 0 aliphatic heterocycles. The molecule has 0 saturated carbocycles. The molecule has 78 valence electrons. The highest BCUT2D eigenvalue weighted by Crippen LogP contribution is 2.30. The fourth-order valence-electron chi connectivity index (χ4n) is 1.32. The Bertz CT molecular complexity index is 512. The van der Waals surface area contributed by atoms with Crippen LogP contribution < -0.4 is 0 Å². The molecule has 2 rings (SSSR count). The number of hydrogen-bond donors (Lipinski definition) is 1. The predicted octanol–water partition coefficient (Wildman–Crippen LogP) is 2.72. The highest BCUT2D eigenvalue weighted by atomic mass is 32.1. The minimum Gasteiger partial charge on any atom is -0.477 e. The van der Waals surface area contributed by atoms with E-state index < -0.39 is 5.97 Å². The third-order valence-electron chi connectivity index (χ3n) is 2.08. The Balaban J connectivity index is 2.52. The second kappa shape index (κ2) is 3.51. The molecule has 0 spiro atoms. The molecule has 0 aliphatic rings. The van der Waals surface area contributed by atoms with Crippen LogP contribution in [-0.4, -0.2) is 16.1 Å². The lowest BCUT2D eigenvalue weighted by Gasteiger charge is -1.89. The molecule has 2 heterocycles. The maximum atomic E-state index is 10.8. The van der Waals surface area contributed by atoms with E-state index in [2.05, 4.69) is 4.98 Å². The summed E-state index contributed by atoms with van der Waals surface area (Å²) in [6.45, 7) is 3.52. The smallest absolute Gasteiger partial charge is 0.347 e. The van der Waals surface area contributed by atoms with Crippen molar-refractivity contribution in [2.45, 2.75) is 13.8 Å². The summed E-state index contributed by atoms with van der Waals surface area (Å²) in [5, 5.41) is 9.58. The topological polar surface area (TPSA) is 63.3 Å². The summed E-state index contributed by atoms with van der Waals surface area (Å²) in [4.78, 5) is 15.3. The molecule has 0 aliphatic carbocycles. The average molecular weight is 223 g/mol. The first-order valence-corrected chi connectivity index (χ1v) is 5.16. The van der Waals surface area contributed by atoms with Gasteiger partial charge < -0.3 is 9.52 Å². The fraction of sp³-hybridized carbons (Fsp3) is 0.200. The van der Waals surface area contributed by atoms with Gasteiger partial charge in [0.2, 0.25) is 0 Å². The quantitative estimate of drug-likeness (QED) is 0.850. The van der Waals surface area contributed by atoms with Gasteiger partial charge in [-0.2, -0.15) is 0 Å².